The fourth-order valence-electron chi connectivity index (χ4n) is 1.54. The molecule has 0 saturated carbocycles. The Kier molecular flexibility index (Phi) is 4.43. The molecule has 4 nitrogen and oxygen atoms in total. The third-order valence-corrected chi connectivity index (χ3v) is 2.85. The lowest BCUT2D eigenvalue weighted by Gasteiger charge is -1.96. The van der Waals surface area contributed by atoms with Crippen LogP contribution in [0.2, 0.25) is 0 Å². The molecule has 0 spiro atoms. The highest BCUT2D eigenvalue weighted by atomic mass is 79.9. The Balaban J connectivity index is 2.13. The van der Waals surface area contributed by atoms with Crippen LogP contribution in [-0.4, -0.2) is 21.9 Å². The van der Waals surface area contributed by atoms with Gasteiger partial charge in [0.2, 0.25) is 11.7 Å². The van der Waals surface area contributed by atoms with Gasteiger partial charge >= 0.3 is 0 Å². The summed E-state index contributed by atoms with van der Waals surface area (Å²) >= 11 is 3.21. The summed E-state index contributed by atoms with van der Waals surface area (Å²) in [6, 6.07) is 4.45. The van der Waals surface area contributed by atoms with Gasteiger partial charge in [0.15, 0.2) is 0 Å². The Morgan fingerprint density at radius 1 is 1.28 bits per heavy atom. The summed E-state index contributed by atoms with van der Waals surface area (Å²) in [7, 11) is 0. The van der Waals surface area contributed by atoms with E-state index in [-0.39, 0.29) is 12.4 Å². The van der Waals surface area contributed by atoms with Crippen molar-refractivity contribution in [1.82, 2.24) is 10.1 Å². The lowest BCUT2D eigenvalue weighted by molar-refractivity contribution is 0.281. The minimum Gasteiger partial charge on any atom is -0.396 e. The van der Waals surface area contributed by atoms with E-state index in [0.717, 1.165) is 6.42 Å². The van der Waals surface area contributed by atoms with E-state index in [1.165, 1.54) is 12.1 Å². The fraction of sp³-hybridized carbons (Fsp3) is 0.333. The van der Waals surface area contributed by atoms with Crippen molar-refractivity contribution >= 4 is 15.9 Å². The first-order chi connectivity index (χ1) is 8.69. The molecule has 6 heteroatoms. The first kappa shape index (κ1) is 13.2. The van der Waals surface area contributed by atoms with Crippen molar-refractivity contribution in [3.63, 3.8) is 0 Å². The summed E-state index contributed by atoms with van der Waals surface area (Å²) in [6.07, 6.45) is 2.10. The van der Waals surface area contributed by atoms with Crippen molar-refractivity contribution in [2.75, 3.05) is 6.61 Å². The molecule has 1 N–H and O–H groups in total. The zero-order valence-electron chi connectivity index (χ0n) is 9.57. The van der Waals surface area contributed by atoms with Gasteiger partial charge in [-0.25, -0.2) is 4.39 Å². The largest absolute Gasteiger partial charge is 0.396 e. The predicted octanol–water partition coefficient (Wildman–Crippen LogP) is 2.95. The third-order valence-electron chi connectivity index (χ3n) is 2.39. The van der Waals surface area contributed by atoms with Gasteiger partial charge in [-0.1, -0.05) is 21.1 Å². The van der Waals surface area contributed by atoms with Crippen molar-refractivity contribution in [3.05, 3.63) is 34.4 Å². The van der Waals surface area contributed by atoms with Gasteiger partial charge in [0.05, 0.1) is 0 Å². The monoisotopic (exact) mass is 314 g/mol. The van der Waals surface area contributed by atoms with E-state index >= 15 is 0 Å². The number of aryl methyl sites for hydroxylation is 1. The topological polar surface area (TPSA) is 59.2 Å². The molecule has 0 bridgehead atoms. The molecule has 0 amide bonds. The molecular weight excluding hydrogens is 303 g/mol. The standard InChI is InChI=1S/C12H12BrFN2O2/c13-9-5-8(6-10(14)7-9)12-15-11(18-16-12)3-1-2-4-17/h5-7,17H,1-4H2. The molecule has 0 aliphatic heterocycles. The lowest BCUT2D eigenvalue weighted by Crippen LogP contribution is -1.89. The smallest absolute Gasteiger partial charge is 0.226 e. The number of aromatic nitrogens is 2. The highest BCUT2D eigenvalue weighted by Crippen LogP contribution is 2.22. The van der Waals surface area contributed by atoms with Crippen LogP contribution in [0.4, 0.5) is 4.39 Å². The van der Waals surface area contributed by atoms with Crippen LogP contribution in [0.5, 0.6) is 0 Å². The van der Waals surface area contributed by atoms with Gasteiger partial charge in [0.1, 0.15) is 5.82 Å². The number of aliphatic hydroxyl groups is 1. The molecule has 0 unspecified atom stereocenters. The molecule has 0 aliphatic carbocycles. The first-order valence-corrected chi connectivity index (χ1v) is 6.38. The van der Waals surface area contributed by atoms with Crippen LogP contribution in [0.1, 0.15) is 18.7 Å². The van der Waals surface area contributed by atoms with Crippen molar-refractivity contribution in [3.8, 4) is 11.4 Å². The van der Waals surface area contributed by atoms with E-state index in [1.807, 2.05) is 0 Å². The van der Waals surface area contributed by atoms with Gasteiger partial charge in [-0.3, -0.25) is 0 Å². The molecule has 1 heterocycles. The Labute approximate surface area is 112 Å². The zero-order valence-corrected chi connectivity index (χ0v) is 11.2. The molecule has 96 valence electrons. The molecule has 0 saturated heterocycles. The average Bonchev–Trinajstić information content (AvgIpc) is 2.77. The van der Waals surface area contributed by atoms with Crippen molar-refractivity contribution in [2.24, 2.45) is 0 Å². The highest BCUT2D eigenvalue weighted by Gasteiger charge is 2.10. The van der Waals surface area contributed by atoms with Gasteiger partial charge in [-0.05, 0) is 31.0 Å². The third kappa shape index (κ3) is 3.36. The van der Waals surface area contributed by atoms with E-state index < -0.39 is 0 Å². The van der Waals surface area contributed by atoms with Crippen LogP contribution in [0.15, 0.2) is 27.2 Å². The van der Waals surface area contributed by atoms with Crippen molar-refractivity contribution in [1.29, 1.82) is 0 Å². The maximum absolute atomic E-state index is 13.2. The van der Waals surface area contributed by atoms with Crippen molar-refractivity contribution in [2.45, 2.75) is 19.3 Å². The molecule has 0 atom stereocenters. The van der Waals surface area contributed by atoms with Crippen LogP contribution in [0, 0.1) is 5.82 Å². The van der Waals surface area contributed by atoms with E-state index in [1.54, 1.807) is 6.07 Å². The SMILES string of the molecule is OCCCCc1nc(-c2cc(F)cc(Br)c2)no1. The molecule has 1 aromatic carbocycles. The van der Waals surface area contributed by atoms with Crippen LogP contribution in [0.25, 0.3) is 11.4 Å². The number of hydrogen-bond acceptors (Lipinski definition) is 4. The van der Waals surface area contributed by atoms with E-state index in [0.29, 0.717) is 34.6 Å². The molecule has 2 rings (SSSR count). The summed E-state index contributed by atoms with van der Waals surface area (Å²) in [5.74, 6) is 0.513. The highest BCUT2D eigenvalue weighted by molar-refractivity contribution is 9.10. The number of unbranched alkanes of at least 4 members (excludes halogenated alkanes) is 1. The van der Waals surface area contributed by atoms with E-state index in [9.17, 15) is 4.39 Å². The Morgan fingerprint density at radius 2 is 2.11 bits per heavy atom. The molecule has 2 aromatic rings. The second-order valence-electron chi connectivity index (χ2n) is 3.85. The number of rotatable bonds is 5. The minimum absolute atomic E-state index is 0.151. The molecule has 1 aromatic heterocycles. The summed E-state index contributed by atoms with van der Waals surface area (Å²) in [5, 5.41) is 12.5. The fourth-order valence-corrected chi connectivity index (χ4v) is 2.01. The summed E-state index contributed by atoms with van der Waals surface area (Å²) in [6.45, 7) is 0.151. The summed E-state index contributed by atoms with van der Waals surface area (Å²) in [5.41, 5.74) is 0.569. The number of hydrogen-bond donors (Lipinski definition) is 1. The number of nitrogens with zero attached hydrogens (tertiary/aromatic N) is 2. The van der Waals surface area contributed by atoms with Gasteiger partial charge in [-0.2, -0.15) is 4.98 Å². The maximum Gasteiger partial charge on any atom is 0.226 e. The normalized spacial score (nSPS) is 10.8. The molecular formula is C12H12BrFN2O2. The van der Waals surface area contributed by atoms with E-state index in [4.69, 9.17) is 9.63 Å². The first-order valence-electron chi connectivity index (χ1n) is 5.59. The lowest BCUT2D eigenvalue weighted by atomic mass is 10.2. The summed E-state index contributed by atoms with van der Waals surface area (Å²) < 4.78 is 18.9. The minimum atomic E-state index is -0.356. The van der Waals surface area contributed by atoms with Gasteiger partial charge in [0, 0.05) is 23.1 Å². The Morgan fingerprint density at radius 3 is 2.83 bits per heavy atom. The van der Waals surface area contributed by atoms with Gasteiger partial charge in [-0.15, -0.1) is 0 Å². The number of aliphatic hydroxyl groups excluding tert-OH is 1. The van der Waals surface area contributed by atoms with Crippen LogP contribution in [0.3, 0.4) is 0 Å². The van der Waals surface area contributed by atoms with Gasteiger partial charge < -0.3 is 9.63 Å². The predicted molar refractivity (Wildman–Crippen MR) is 67.4 cm³/mol. The van der Waals surface area contributed by atoms with E-state index in [2.05, 4.69) is 26.1 Å². The van der Waals surface area contributed by atoms with Crippen molar-refractivity contribution < 1.29 is 14.0 Å². The van der Waals surface area contributed by atoms with Gasteiger partial charge in [0.25, 0.3) is 0 Å². The Hall–Kier alpha value is -1.27. The van der Waals surface area contributed by atoms with Crippen LogP contribution >= 0.6 is 15.9 Å². The molecule has 0 aliphatic rings. The Bertz CT molecular complexity index is 510. The second-order valence-corrected chi connectivity index (χ2v) is 4.77. The van der Waals surface area contributed by atoms with Crippen LogP contribution in [-0.2, 0) is 6.42 Å². The maximum atomic E-state index is 13.2. The quantitative estimate of drug-likeness (QED) is 0.862. The second kappa shape index (κ2) is 6.06. The number of benzene rings is 1. The average molecular weight is 315 g/mol. The summed E-state index contributed by atoms with van der Waals surface area (Å²) in [4.78, 5) is 4.19. The number of halogens is 2. The molecule has 18 heavy (non-hydrogen) atoms. The molecule has 0 fully saturated rings. The zero-order chi connectivity index (χ0) is 13.0. The molecule has 0 radical (unpaired) electrons. The van der Waals surface area contributed by atoms with Crippen LogP contribution < -0.4 is 0 Å².